The summed E-state index contributed by atoms with van der Waals surface area (Å²) in [6.45, 7) is 0. The molecule has 0 atom stereocenters. The van der Waals surface area contributed by atoms with Gasteiger partial charge >= 0.3 is 5.69 Å². The Hall–Kier alpha value is -2.01. The first kappa shape index (κ1) is 11.5. The van der Waals surface area contributed by atoms with Gasteiger partial charge < -0.3 is 5.11 Å². The van der Waals surface area contributed by atoms with E-state index in [0.717, 1.165) is 9.79 Å². The molecule has 4 nitrogen and oxygen atoms in total. The van der Waals surface area contributed by atoms with E-state index in [2.05, 4.69) is 0 Å². The third kappa shape index (κ3) is 2.76. The zero-order chi connectivity index (χ0) is 12.3. The third-order valence-electron chi connectivity index (χ3n) is 2.12. The average Bonchev–Trinajstić information content (AvgIpc) is 2.30. The first-order valence-corrected chi connectivity index (χ1v) is 5.69. The molecule has 17 heavy (non-hydrogen) atoms. The van der Waals surface area contributed by atoms with Crippen molar-refractivity contribution in [3.05, 3.63) is 58.6 Å². The predicted octanol–water partition coefficient (Wildman–Crippen LogP) is 3.45. The lowest BCUT2D eigenvalue weighted by Crippen LogP contribution is -1.88. The molecular weight excluding hydrogens is 238 g/mol. The van der Waals surface area contributed by atoms with E-state index in [4.69, 9.17) is 0 Å². The molecule has 1 N–H and O–H groups in total. The highest BCUT2D eigenvalue weighted by molar-refractivity contribution is 7.99. The average molecular weight is 247 g/mol. The van der Waals surface area contributed by atoms with Crippen molar-refractivity contribution in [2.24, 2.45) is 0 Å². The summed E-state index contributed by atoms with van der Waals surface area (Å²) in [5.41, 5.74) is -0.276. The second-order valence-electron chi connectivity index (χ2n) is 3.32. The highest BCUT2D eigenvalue weighted by atomic mass is 32.2. The van der Waals surface area contributed by atoms with E-state index in [0.29, 0.717) is 0 Å². The van der Waals surface area contributed by atoms with Crippen LogP contribution in [0.5, 0.6) is 5.75 Å². The molecular formula is C12H9NO3S. The summed E-state index contributed by atoms with van der Waals surface area (Å²) in [7, 11) is 0. The molecule has 0 saturated carbocycles. The van der Waals surface area contributed by atoms with Gasteiger partial charge in [-0.05, 0) is 18.2 Å². The number of phenols is 1. The smallest absolute Gasteiger partial charge is 0.310 e. The molecule has 2 aromatic carbocycles. The van der Waals surface area contributed by atoms with E-state index >= 15 is 0 Å². The van der Waals surface area contributed by atoms with Gasteiger partial charge in [0, 0.05) is 21.9 Å². The van der Waals surface area contributed by atoms with Crippen molar-refractivity contribution in [2.45, 2.75) is 9.79 Å². The molecule has 0 spiro atoms. The van der Waals surface area contributed by atoms with E-state index < -0.39 is 4.92 Å². The molecule has 0 aliphatic rings. The minimum absolute atomic E-state index is 0.276. The summed E-state index contributed by atoms with van der Waals surface area (Å²) in [5, 5.41) is 20.0. The fraction of sp³-hybridized carbons (Fsp3) is 0. The third-order valence-corrected chi connectivity index (χ3v) is 3.12. The normalized spacial score (nSPS) is 10.1. The fourth-order valence-corrected chi connectivity index (χ4v) is 2.22. The zero-order valence-electron chi connectivity index (χ0n) is 8.74. The van der Waals surface area contributed by atoms with Crippen LogP contribution < -0.4 is 0 Å². The lowest BCUT2D eigenvalue weighted by molar-refractivity contribution is -0.385. The van der Waals surface area contributed by atoms with Crippen LogP contribution in [0.3, 0.4) is 0 Å². The van der Waals surface area contributed by atoms with E-state index in [-0.39, 0.29) is 11.4 Å². The standard InChI is InChI=1S/C12H9NO3S/c14-12-8-10(6-7-11(12)13(15)16)17-9-4-2-1-3-5-9/h1-8,14H. The van der Waals surface area contributed by atoms with Crippen molar-refractivity contribution >= 4 is 17.4 Å². The van der Waals surface area contributed by atoms with Gasteiger partial charge in [-0.25, -0.2) is 0 Å². The van der Waals surface area contributed by atoms with E-state index in [1.165, 1.54) is 23.9 Å². The maximum atomic E-state index is 10.5. The molecule has 2 aromatic rings. The largest absolute Gasteiger partial charge is 0.502 e. The molecule has 0 heterocycles. The first-order valence-electron chi connectivity index (χ1n) is 4.87. The molecule has 86 valence electrons. The van der Waals surface area contributed by atoms with Crippen molar-refractivity contribution < 1.29 is 10.0 Å². The Balaban J connectivity index is 2.24. The maximum Gasteiger partial charge on any atom is 0.310 e. The Morgan fingerprint density at radius 1 is 1.06 bits per heavy atom. The van der Waals surface area contributed by atoms with Crippen molar-refractivity contribution in [1.82, 2.24) is 0 Å². The minimum Gasteiger partial charge on any atom is -0.502 e. The molecule has 0 aliphatic carbocycles. The van der Waals surface area contributed by atoms with Gasteiger partial charge in [-0.3, -0.25) is 10.1 Å². The second kappa shape index (κ2) is 4.88. The summed E-state index contributed by atoms with van der Waals surface area (Å²) in [6, 6.07) is 13.9. The molecule has 0 amide bonds. The Labute approximate surface area is 102 Å². The monoisotopic (exact) mass is 247 g/mol. The molecule has 0 radical (unpaired) electrons. The fourth-order valence-electron chi connectivity index (χ4n) is 1.35. The highest BCUT2D eigenvalue weighted by Gasteiger charge is 2.13. The number of hydrogen-bond donors (Lipinski definition) is 1. The molecule has 0 aliphatic heterocycles. The number of rotatable bonds is 3. The quantitative estimate of drug-likeness (QED) is 0.666. The number of nitro benzene ring substituents is 1. The van der Waals surface area contributed by atoms with Crippen LogP contribution in [0.2, 0.25) is 0 Å². The summed E-state index contributed by atoms with van der Waals surface area (Å²) in [5.74, 6) is -0.309. The Morgan fingerprint density at radius 2 is 1.76 bits per heavy atom. The van der Waals surface area contributed by atoms with Crippen LogP contribution in [0.1, 0.15) is 0 Å². The van der Waals surface area contributed by atoms with E-state index in [1.54, 1.807) is 6.07 Å². The van der Waals surface area contributed by atoms with Crippen LogP contribution >= 0.6 is 11.8 Å². The topological polar surface area (TPSA) is 63.4 Å². The number of benzene rings is 2. The number of aromatic hydroxyl groups is 1. The maximum absolute atomic E-state index is 10.5. The summed E-state index contributed by atoms with van der Waals surface area (Å²) < 4.78 is 0. The lowest BCUT2D eigenvalue weighted by Gasteiger charge is -2.02. The minimum atomic E-state index is -0.605. The van der Waals surface area contributed by atoms with Crippen LogP contribution in [-0.2, 0) is 0 Å². The summed E-state index contributed by atoms with van der Waals surface area (Å²) >= 11 is 1.44. The number of nitro groups is 1. The first-order chi connectivity index (χ1) is 8.16. The van der Waals surface area contributed by atoms with Crippen LogP contribution in [0.25, 0.3) is 0 Å². The van der Waals surface area contributed by atoms with Crippen molar-refractivity contribution in [2.75, 3.05) is 0 Å². The zero-order valence-corrected chi connectivity index (χ0v) is 9.55. The summed E-state index contributed by atoms with van der Waals surface area (Å²) in [4.78, 5) is 11.7. The van der Waals surface area contributed by atoms with Crippen LogP contribution in [0.15, 0.2) is 58.3 Å². The molecule has 0 fully saturated rings. The molecule has 0 unspecified atom stereocenters. The van der Waals surface area contributed by atoms with Crippen LogP contribution in [-0.4, -0.2) is 10.0 Å². The van der Waals surface area contributed by atoms with Crippen molar-refractivity contribution in [3.63, 3.8) is 0 Å². The van der Waals surface area contributed by atoms with E-state index in [9.17, 15) is 15.2 Å². The molecule has 0 bridgehead atoms. The number of phenolic OH excluding ortho intramolecular Hbond substituents is 1. The van der Waals surface area contributed by atoms with Crippen molar-refractivity contribution in [1.29, 1.82) is 0 Å². The number of hydrogen-bond acceptors (Lipinski definition) is 4. The van der Waals surface area contributed by atoms with Gasteiger partial charge in [-0.15, -0.1) is 0 Å². The Bertz CT molecular complexity index is 543. The van der Waals surface area contributed by atoms with Gasteiger partial charge in [-0.2, -0.15) is 0 Å². The molecule has 0 saturated heterocycles. The van der Waals surface area contributed by atoms with Gasteiger partial charge in [0.25, 0.3) is 0 Å². The SMILES string of the molecule is O=[N+]([O-])c1ccc(Sc2ccccc2)cc1O. The number of nitrogens with zero attached hydrogens (tertiary/aromatic N) is 1. The Kier molecular flexibility index (Phi) is 3.30. The van der Waals surface area contributed by atoms with Gasteiger partial charge in [0.05, 0.1) is 4.92 Å². The highest BCUT2D eigenvalue weighted by Crippen LogP contribution is 2.34. The Morgan fingerprint density at radius 3 is 2.35 bits per heavy atom. The van der Waals surface area contributed by atoms with E-state index in [1.807, 2.05) is 30.3 Å². The van der Waals surface area contributed by atoms with Gasteiger partial charge in [-0.1, -0.05) is 30.0 Å². The second-order valence-corrected chi connectivity index (χ2v) is 4.47. The van der Waals surface area contributed by atoms with Gasteiger partial charge in [0.2, 0.25) is 0 Å². The lowest BCUT2D eigenvalue weighted by atomic mass is 10.3. The predicted molar refractivity (Wildman–Crippen MR) is 65.3 cm³/mol. The van der Waals surface area contributed by atoms with Gasteiger partial charge in [0.1, 0.15) is 0 Å². The summed E-state index contributed by atoms with van der Waals surface area (Å²) in [6.07, 6.45) is 0. The van der Waals surface area contributed by atoms with Crippen LogP contribution in [0, 0.1) is 10.1 Å². The van der Waals surface area contributed by atoms with Crippen LogP contribution in [0.4, 0.5) is 5.69 Å². The van der Waals surface area contributed by atoms with Crippen molar-refractivity contribution in [3.8, 4) is 5.75 Å². The molecule has 2 rings (SSSR count). The van der Waals surface area contributed by atoms with Gasteiger partial charge in [0.15, 0.2) is 5.75 Å². The molecule has 0 aromatic heterocycles. The molecule has 5 heteroatoms.